The Bertz CT molecular complexity index is 1310. The Hall–Kier alpha value is -3.39. The molecule has 0 bridgehead atoms. The third kappa shape index (κ3) is 4.57. The third-order valence-electron chi connectivity index (χ3n) is 6.10. The van der Waals surface area contributed by atoms with Crippen LogP contribution in [0.1, 0.15) is 44.1 Å². The number of nitrogens with two attached hydrogens (primary N) is 1. The Kier molecular flexibility index (Phi) is 6.37. The van der Waals surface area contributed by atoms with Crippen LogP contribution >= 0.6 is 11.8 Å². The average molecular weight is 461 g/mol. The molecule has 4 aromatic rings. The largest absolute Gasteiger partial charge is 0.409 e. The van der Waals surface area contributed by atoms with Crippen LogP contribution in [0.25, 0.3) is 22.6 Å². The Labute approximate surface area is 197 Å². The summed E-state index contributed by atoms with van der Waals surface area (Å²) in [4.78, 5) is 14.6. The standard InChI is InChI=1S/C25H28N6OS/c1-5-25(2,3)17-12-10-16(11-13-17)15-33-20-14-27-23(22(26)30-32)29-21(20)24-28-18-8-6-7-9-19(18)31(24)4/h6-14,32H,5,15H2,1-4H3,(H2,26,30). The molecule has 0 saturated heterocycles. The monoisotopic (exact) mass is 460 g/mol. The van der Waals surface area contributed by atoms with Crippen LogP contribution in [0.5, 0.6) is 0 Å². The normalized spacial score (nSPS) is 12.4. The van der Waals surface area contributed by atoms with E-state index in [1.807, 2.05) is 35.9 Å². The van der Waals surface area contributed by atoms with Gasteiger partial charge in [-0.25, -0.2) is 15.0 Å². The molecule has 0 amide bonds. The van der Waals surface area contributed by atoms with Gasteiger partial charge < -0.3 is 15.5 Å². The molecule has 33 heavy (non-hydrogen) atoms. The van der Waals surface area contributed by atoms with Gasteiger partial charge in [-0.2, -0.15) is 0 Å². The maximum atomic E-state index is 9.09. The number of benzene rings is 2. The lowest BCUT2D eigenvalue weighted by atomic mass is 9.82. The molecule has 2 aromatic carbocycles. The minimum atomic E-state index is -0.138. The summed E-state index contributed by atoms with van der Waals surface area (Å²) >= 11 is 1.64. The van der Waals surface area contributed by atoms with Crippen LogP contribution in [0, 0.1) is 0 Å². The Morgan fingerprint density at radius 1 is 1.12 bits per heavy atom. The molecule has 0 aliphatic rings. The van der Waals surface area contributed by atoms with E-state index >= 15 is 0 Å². The highest BCUT2D eigenvalue weighted by atomic mass is 32.2. The van der Waals surface area contributed by atoms with Crippen molar-refractivity contribution in [3.8, 4) is 11.5 Å². The predicted octanol–water partition coefficient (Wildman–Crippen LogP) is 5.10. The number of fused-ring (bicyclic) bond motifs is 1. The van der Waals surface area contributed by atoms with E-state index in [0.29, 0.717) is 11.5 Å². The number of aromatic nitrogens is 4. The SMILES string of the molecule is CCC(C)(C)c1ccc(CSc2cnc(/C(N)=N/O)nc2-c2nc3ccccc3n2C)cc1. The molecule has 8 heteroatoms. The molecule has 0 radical (unpaired) electrons. The molecular formula is C25H28N6OS. The Balaban J connectivity index is 1.69. The van der Waals surface area contributed by atoms with Gasteiger partial charge in [0.1, 0.15) is 5.69 Å². The molecule has 170 valence electrons. The second kappa shape index (κ2) is 9.23. The van der Waals surface area contributed by atoms with Crippen LogP contribution in [0.4, 0.5) is 0 Å². The Morgan fingerprint density at radius 3 is 2.52 bits per heavy atom. The zero-order valence-corrected chi connectivity index (χ0v) is 20.1. The molecule has 7 nitrogen and oxygen atoms in total. The number of para-hydroxylation sites is 2. The van der Waals surface area contributed by atoms with Crippen molar-refractivity contribution in [2.24, 2.45) is 17.9 Å². The summed E-state index contributed by atoms with van der Waals surface area (Å²) in [6, 6.07) is 16.7. The number of nitrogens with zero attached hydrogens (tertiary/aromatic N) is 5. The van der Waals surface area contributed by atoms with Crippen molar-refractivity contribution in [2.45, 2.75) is 43.3 Å². The first-order valence-corrected chi connectivity index (χ1v) is 11.8. The first-order valence-electron chi connectivity index (χ1n) is 10.8. The second-order valence-electron chi connectivity index (χ2n) is 8.60. The molecule has 0 fully saturated rings. The van der Waals surface area contributed by atoms with Gasteiger partial charge >= 0.3 is 0 Å². The topological polar surface area (TPSA) is 102 Å². The molecule has 0 saturated carbocycles. The van der Waals surface area contributed by atoms with Crippen LogP contribution in [0.3, 0.4) is 0 Å². The zero-order chi connectivity index (χ0) is 23.6. The van der Waals surface area contributed by atoms with Crippen LogP contribution in [-0.4, -0.2) is 30.6 Å². The van der Waals surface area contributed by atoms with E-state index in [2.05, 4.69) is 60.2 Å². The van der Waals surface area contributed by atoms with Gasteiger partial charge in [-0.05, 0) is 35.1 Å². The fraction of sp³-hybridized carbons (Fsp3) is 0.280. The van der Waals surface area contributed by atoms with E-state index in [-0.39, 0.29) is 17.1 Å². The lowest BCUT2D eigenvalue weighted by Gasteiger charge is -2.23. The summed E-state index contributed by atoms with van der Waals surface area (Å²) in [6.45, 7) is 6.74. The summed E-state index contributed by atoms with van der Waals surface area (Å²) in [5.41, 5.74) is 11.0. The van der Waals surface area contributed by atoms with Gasteiger partial charge in [0.05, 0.1) is 15.9 Å². The van der Waals surface area contributed by atoms with Crippen molar-refractivity contribution in [3.63, 3.8) is 0 Å². The molecule has 4 rings (SSSR count). The van der Waals surface area contributed by atoms with E-state index in [0.717, 1.165) is 28.1 Å². The van der Waals surface area contributed by atoms with Crippen molar-refractivity contribution in [2.75, 3.05) is 0 Å². The highest BCUT2D eigenvalue weighted by molar-refractivity contribution is 7.98. The van der Waals surface area contributed by atoms with Crippen LogP contribution in [0.2, 0.25) is 0 Å². The van der Waals surface area contributed by atoms with E-state index in [1.54, 1.807) is 18.0 Å². The number of rotatable bonds is 7. The quantitative estimate of drug-likeness (QED) is 0.131. The summed E-state index contributed by atoms with van der Waals surface area (Å²) in [5.74, 6) is 1.49. The molecule has 0 spiro atoms. The van der Waals surface area contributed by atoms with Gasteiger partial charge in [0, 0.05) is 19.0 Å². The lowest BCUT2D eigenvalue weighted by molar-refractivity contribution is 0.318. The minimum absolute atomic E-state index is 0.138. The van der Waals surface area contributed by atoms with Crippen LogP contribution in [-0.2, 0) is 18.2 Å². The zero-order valence-electron chi connectivity index (χ0n) is 19.3. The van der Waals surface area contributed by atoms with E-state index in [1.165, 1.54) is 11.1 Å². The first-order chi connectivity index (χ1) is 15.8. The summed E-state index contributed by atoms with van der Waals surface area (Å²) in [7, 11) is 1.96. The van der Waals surface area contributed by atoms with Gasteiger partial charge in [0.25, 0.3) is 0 Å². The fourth-order valence-electron chi connectivity index (χ4n) is 3.58. The van der Waals surface area contributed by atoms with E-state index in [4.69, 9.17) is 15.9 Å². The van der Waals surface area contributed by atoms with Crippen molar-refractivity contribution in [1.82, 2.24) is 19.5 Å². The highest BCUT2D eigenvalue weighted by Gasteiger charge is 2.19. The molecule has 0 aliphatic carbocycles. The number of imidazole rings is 1. The van der Waals surface area contributed by atoms with Crippen molar-refractivity contribution >= 4 is 28.6 Å². The lowest BCUT2D eigenvalue weighted by Crippen LogP contribution is -2.18. The maximum absolute atomic E-state index is 9.09. The molecule has 2 aromatic heterocycles. The van der Waals surface area contributed by atoms with Gasteiger partial charge in [0.15, 0.2) is 11.6 Å². The molecule has 0 unspecified atom stereocenters. The highest BCUT2D eigenvalue weighted by Crippen LogP contribution is 2.33. The fourth-order valence-corrected chi connectivity index (χ4v) is 4.49. The summed E-state index contributed by atoms with van der Waals surface area (Å²) in [6.07, 6.45) is 2.81. The van der Waals surface area contributed by atoms with Crippen molar-refractivity contribution in [1.29, 1.82) is 0 Å². The molecular weight excluding hydrogens is 432 g/mol. The average Bonchev–Trinajstić information content (AvgIpc) is 3.18. The second-order valence-corrected chi connectivity index (χ2v) is 9.62. The summed E-state index contributed by atoms with van der Waals surface area (Å²) in [5, 5.41) is 12.1. The van der Waals surface area contributed by atoms with Crippen molar-refractivity contribution in [3.05, 3.63) is 71.7 Å². The number of hydrogen-bond acceptors (Lipinski definition) is 6. The van der Waals surface area contributed by atoms with Gasteiger partial charge in [0.2, 0.25) is 5.84 Å². The number of aryl methyl sites for hydroxylation is 1. The van der Waals surface area contributed by atoms with Crippen LogP contribution in [0.15, 0.2) is 64.8 Å². The number of thioether (sulfide) groups is 1. The summed E-state index contributed by atoms with van der Waals surface area (Å²) < 4.78 is 2.00. The maximum Gasteiger partial charge on any atom is 0.207 e. The molecule has 2 heterocycles. The number of amidine groups is 1. The smallest absolute Gasteiger partial charge is 0.207 e. The Morgan fingerprint density at radius 2 is 1.85 bits per heavy atom. The molecule has 0 atom stereocenters. The first kappa shape index (κ1) is 22.8. The number of oxime groups is 1. The number of hydrogen-bond donors (Lipinski definition) is 2. The van der Waals surface area contributed by atoms with E-state index in [9.17, 15) is 0 Å². The predicted molar refractivity (Wildman–Crippen MR) is 134 cm³/mol. The minimum Gasteiger partial charge on any atom is -0.409 e. The molecule has 0 aliphatic heterocycles. The van der Waals surface area contributed by atoms with Gasteiger partial charge in [-0.15, -0.1) is 11.8 Å². The molecule has 3 N–H and O–H groups in total. The van der Waals surface area contributed by atoms with Gasteiger partial charge in [-0.3, -0.25) is 0 Å². The van der Waals surface area contributed by atoms with Crippen LogP contribution < -0.4 is 5.73 Å². The third-order valence-corrected chi connectivity index (χ3v) is 7.19. The van der Waals surface area contributed by atoms with Gasteiger partial charge in [-0.1, -0.05) is 62.3 Å². The van der Waals surface area contributed by atoms with E-state index < -0.39 is 0 Å². The van der Waals surface area contributed by atoms with Crippen molar-refractivity contribution < 1.29 is 5.21 Å².